The van der Waals surface area contributed by atoms with Crippen molar-refractivity contribution in [3.8, 4) is 0 Å². The predicted octanol–water partition coefficient (Wildman–Crippen LogP) is 2.23. The SMILES string of the molecule is Cc1nnc(SCC(=O)N[C@@H]2[C@@H](Cc3ccccc3)[C@H]3OCC[C@@H]23)o1. The number of hydrogen-bond acceptors (Lipinski definition) is 6. The Balaban J connectivity index is 1.35. The van der Waals surface area contributed by atoms with Gasteiger partial charge in [-0.2, -0.15) is 0 Å². The molecule has 0 unspecified atom stereocenters. The van der Waals surface area contributed by atoms with Gasteiger partial charge in [0.25, 0.3) is 5.22 Å². The van der Waals surface area contributed by atoms with Crippen LogP contribution in [0, 0.1) is 18.8 Å². The minimum atomic E-state index is 0.00858. The number of thioether (sulfide) groups is 1. The Morgan fingerprint density at radius 1 is 1.32 bits per heavy atom. The minimum Gasteiger partial charge on any atom is -0.416 e. The molecule has 0 radical (unpaired) electrons. The second kappa shape index (κ2) is 7.17. The van der Waals surface area contributed by atoms with Gasteiger partial charge in [-0.1, -0.05) is 42.1 Å². The molecule has 0 spiro atoms. The van der Waals surface area contributed by atoms with E-state index in [0.29, 0.717) is 22.9 Å². The number of fused-ring (bicyclic) bond motifs is 1. The molecule has 1 aromatic carbocycles. The summed E-state index contributed by atoms with van der Waals surface area (Å²) in [5, 5.41) is 11.3. The molecule has 7 heteroatoms. The van der Waals surface area contributed by atoms with E-state index in [-0.39, 0.29) is 23.8 Å². The zero-order valence-electron chi connectivity index (χ0n) is 14.1. The first kappa shape index (κ1) is 16.6. The third-order valence-electron chi connectivity index (χ3n) is 5.00. The molecule has 132 valence electrons. The van der Waals surface area contributed by atoms with Gasteiger partial charge in [-0.25, -0.2) is 0 Å². The van der Waals surface area contributed by atoms with Crippen LogP contribution >= 0.6 is 11.8 Å². The van der Waals surface area contributed by atoms with E-state index in [1.165, 1.54) is 17.3 Å². The van der Waals surface area contributed by atoms with Crippen LogP contribution in [0.25, 0.3) is 0 Å². The highest BCUT2D eigenvalue weighted by Gasteiger charge is 2.53. The topological polar surface area (TPSA) is 77.2 Å². The van der Waals surface area contributed by atoms with Gasteiger partial charge in [0.2, 0.25) is 11.8 Å². The molecule has 4 atom stereocenters. The summed E-state index contributed by atoms with van der Waals surface area (Å²) in [5.74, 6) is 1.59. The molecule has 1 amide bonds. The molecule has 2 aliphatic rings. The molecular weight excluding hydrogens is 338 g/mol. The van der Waals surface area contributed by atoms with Gasteiger partial charge in [0.15, 0.2) is 0 Å². The average Bonchev–Trinajstić information content (AvgIpc) is 3.23. The number of amides is 1. The molecule has 4 rings (SSSR count). The smallest absolute Gasteiger partial charge is 0.277 e. The fraction of sp³-hybridized carbons (Fsp3) is 0.500. The molecule has 1 N–H and O–H groups in total. The number of nitrogens with one attached hydrogen (secondary N) is 1. The van der Waals surface area contributed by atoms with Gasteiger partial charge in [0, 0.05) is 31.4 Å². The molecule has 25 heavy (non-hydrogen) atoms. The summed E-state index contributed by atoms with van der Waals surface area (Å²) in [6.45, 7) is 2.53. The van der Waals surface area contributed by atoms with Crippen molar-refractivity contribution in [1.29, 1.82) is 0 Å². The maximum absolute atomic E-state index is 12.4. The van der Waals surface area contributed by atoms with Crippen molar-refractivity contribution in [2.75, 3.05) is 12.4 Å². The molecular formula is C18H21N3O3S. The maximum Gasteiger partial charge on any atom is 0.277 e. The second-order valence-corrected chi connectivity index (χ2v) is 7.54. The molecule has 1 aliphatic carbocycles. The number of rotatable bonds is 6. The summed E-state index contributed by atoms with van der Waals surface area (Å²) in [6, 6.07) is 10.6. The first-order chi connectivity index (χ1) is 12.2. The first-order valence-corrected chi connectivity index (χ1v) is 9.57. The van der Waals surface area contributed by atoms with Gasteiger partial charge in [-0.05, 0) is 18.4 Å². The van der Waals surface area contributed by atoms with E-state index in [0.717, 1.165) is 19.4 Å². The largest absolute Gasteiger partial charge is 0.416 e. The third kappa shape index (κ3) is 3.57. The highest BCUT2D eigenvalue weighted by atomic mass is 32.2. The zero-order chi connectivity index (χ0) is 17.2. The lowest BCUT2D eigenvalue weighted by Crippen LogP contribution is -2.62. The molecule has 2 aromatic rings. The number of aromatic nitrogens is 2. The summed E-state index contributed by atoms with van der Waals surface area (Å²) < 4.78 is 11.2. The first-order valence-electron chi connectivity index (χ1n) is 8.58. The van der Waals surface area contributed by atoms with Crippen molar-refractivity contribution in [3.05, 3.63) is 41.8 Å². The third-order valence-corrected chi connectivity index (χ3v) is 5.82. The van der Waals surface area contributed by atoms with E-state index >= 15 is 0 Å². The predicted molar refractivity (Wildman–Crippen MR) is 93.2 cm³/mol. The number of ether oxygens (including phenoxy) is 1. The lowest BCUT2D eigenvalue weighted by Gasteiger charge is -2.48. The highest BCUT2D eigenvalue weighted by molar-refractivity contribution is 7.99. The fourth-order valence-corrected chi connectivity index (χ4v) is 4.48. The Morgan fingerprint density at radius 3 is 2.92 bits per heavy atom. The van der Waals surface area contributed by atoms with Gasteiger partial charge in [-0.3, -0.25) is 4.79 Å². The van der Waals surface area contributed by atoms with Gasteiger partial charge in [0.05, 0.1) is 11.9 Å². The molecule has 6 nitrogen and oxygen atoms in total. The average molecular weight is 359 g/mol. The molecule has 1 saturated carbocycles. The van der Waals surface area contributed by atoms with E-state index < -0.39 is 0 Å². The van der Waals surface area contributed by atoms with E-state index in [2.05, 4.69) is 39.8 Å². The lowest BCUT2D eigenvalue weighted by atomic mass is 9.64. The molecule has 1 aliphatic heterocycles. The van der Waals surface area contributed by atoms with Gasteiger partial charge >= 0.3 is 0 Å². The van der Waals surface area contributed by atoms with Gasteiger partial charge < -0.3 is 14.5 Å². The summed E-state index contributed by atoms with van der Waals surface area (Å²) in [4.78, 5) is 12.4. The lowest BCUT2D eigenvalue weighted by molar-refractivity contribution is -0.124. The van der Waals surface area contributed by atoms with Crippen LogP contribution in [0.4, 0.5) is 0 Å². The number of carbonyl (C=O) groups excluding carboxylic acids is 1. The van der Waals surface area contributed by atoms with Crippen LogP contribution in [0.2, 0.25) is 0 Å². The molecule has 2 fully saturated rings. The van der Waals surface area contributed by atoms with Crippen LogP contribution in [-0.4, -0.2) is 40.6 Å². The van der Waals surface area contributed by atoms with Gasteiger partial charge in [0.1, 0.15) is 0 Å². The summed E-state index contributed by atoms with van der Waals surface area (Å²) >= 11 is 1.27. The van der Waals surface area contributed by atoms with Crippen LogP contribution in [0.5, 0.6) is 0 Å². The van der Waals surface area contributed by atoms with Crippen LogP contribution < -0.4 is 5.32 Å². The van der Waals surface area contributed by atoms with Crippen molar-refractivity contribution in [1.82, 2.24) is 15.5 Å². The maximum atomic E-state index is 12.4. The summed E-state index contributed by atoms with van der Waals surface area (Å²) in [5.41, 5.74) is 1.29. The van der Waals surface area contributed by atoms with E-state index in [9.17, 15) is 4.79 Å². The Bertz CT molecular complexity index is 736. The number of benzene rings is 1. The number of aryl methyl sites for hydroxylation is 1. The minimum absolute atomic E-state index is 0.00858. The Hall–Kier alpha value is -1.86. The van der Waals surface area contributed by atoms with Crippen LogP contribution in [0.1, 0.15) is 17.9 Å². The van der Waals surface area contributed by atoms with E-state index in [1.807, 2.05) is 6.07 Å². The molecule has 0 bridgehead atoms. The van der Waals surface area contributed by atoms with Crippen molar-refractivity contribution < 1.29 is 13.9 Å². The number of carbonyl (C=O) groups is 1. The quantitative estimate of drug-likeness (QED) is 0.797. The molecule has 1 aromatic heterocycles. The zero-order valence-corrected chi connectivity index (χ0v) is 14.9. The van der Waals surface area contributed by atoms with Crippen molar-refractivity contribution in [2.24, 2.45) is 11.8 Å². The Kier molecular flexibility index (Phi) is 4.76. The Labute approximate surface area is 150 Å². The normalized spacial score (nSPS) is 27.6. The molecule has 2 heterocycles. The molecule has 1 saturated heterocycles. The van der Waals surface area contributed by atoms with Crippen molar-refractivity contribution in [3.63, 3.8) is 0 Å². The fourth-order valence-electron chi connectivity index (χ4n) is 3.86. The van der Waals surface area contributed by atoms with Crippen LogP contribution in [-0.2, 0) is 16.0 Å². The highest BCUT2D eigenvalue weighted by Crippen LogP contribution is 2.45. The number of nitrogens with zero attached hydrogens (tertiary/aromatic N) is 2. The van der Waals surface area contributed by atoms with Crippen LogP contribution in [0.3, 0.4) is 0 Å². The van der Waals surface area contributed by atoms with Gasteiger partial charge in [-0.15, -0.1) is 10.2 Å². The van der Waals surface area contributed by atoms with E-state index in [1.54, 1.807) is 6.92 Å². The Morgan fingerprint density at radius 2 is 2.16 bits per heavy atom. The standard InChI is InChI=1S/C18H21N3O3S/c1-11-20-21-18(24-11)25-10-15(22)19-16-13-7-8-23-17(13)14(16)9-12-5-3-2-4-6-12/h2-6,13-14,16-17H,7-10H2,1H3,(H,19,22)/t13-,14+,16-,17-/m0/s1. The van der Waals surface area contributed by atoms with Crippen molar-refractivity contribution in [2.45, 2.75) is 37.1 Å². The van der Waals surface area contributed by atoms with E-state index in [4.69, 9.17) is 9.15 Å². The van der Waals surface area contributed by atoms with Crippen LogP contribution in [0.15, 0.2) is 40.0 Å². The summed E-state index contributed by atoms with van der Waals surface area (Å²) in [6.07, 6.45) is 2.23. The summed E-state index contributed by atoms with van der Waals surface area (Å²) in [7, 11) is 0. The monoisotopic (exact) mass is 359 g/mol. The second-order valence-electron chi connectivity index (χ2n) is 6.61. The number of hydrogen-bond donors (Lipinski definition) is 1. The van der Waals surface area contributed by atoms with Crippen molar-refractivity contribution >= 4 is 17.7 Å².